The SMILES string of the molecule is CCCN(C(=O)c1cc(C#N)ccc1Cl)C1CCCCC1. The average Bonchev–Trinajstić information content (AvgIpc) is 2.53. The summed E-state index contributed by atoms with van der Waals surface area (Å²) in [6.45, 7) is 2.83. The standard InChI is InChI=1S/C17H21ClN2O/c1-2-10-20(14-6-4-3-5-7-14)17(21)15-11-13(12-19)8-9-16(15)18/h8-9,11,14H,2-7,10H2,1H3. The molecule has 112 valence electrons. The van der Waals surface area contributed by atoms with Gasteiger partial charge in [-0.1, -0.05) is 37.8 Å². The number of carbonyl (C=O) groups is 1. The van der Waals surface area contributed by atoms with E-state index in [0.29, 0.717) is 22.2 Å². The molecule has 3 nitrogen and oxygen atoms in total. The van der Waals surface area contributed by atoms with Crippen LogP contribution in [0.25, 0.3) is 0 Å². The molecule has 0 aliphatic heterocycles. The number of hydrogen-bond acceptors (Lipinski definition) is 2. The molecule has 1 aromatic carbocycles. The van der Waals surface area contributed by atoms with Crippen molar-refractivity contribution in [3.8, 4) is 6.07 Å². The lowest BCUT2D eigenvalue weighted by atomic mass is 9.93. The van der Waals surface area contributed by atoms with E-state index in [1.807, 2.05) is 4.90 Å². The van der Waals surface area contributed by atoms with Gasteiger partial charge in [-0.15, -0.1) is 0 Å². The molecule has 1 saturated carbocycles. The molecule has 0 N–H and O–H groups in total. The number of rotatable bonds is 4. The van der Waals surface area contributed by atoms with Gasteiger partial charge in [0.15, 0.2) is 0 Å². The molecule has 0 atom stereocenters. The molecule has 0 saturated heterocycles. The summed E-state index contributed by atoms with van der Waals surface area (Å²) in [5, 5.41) is 9.43. The Morgan fingerprint density at radius 1 is 1.38 bits per heavy atom. The van der Waals surface area contributed by atoms with Gasteiger partial charge in [-0.3, -0.25) is 4.79 Å². The number of nitrogens with zero attached hydrogens (tertiary/aromatic N) is 2. The van der Waals surface area contributed by atoms with Crippen LogP contribution in [-0.4, -0.2) is 23.4 Å². The van der Waals surface area contributed by atoms with Crippen molar-refractivity contribution >= 4 is 17.5 Å². The van der Waals surface area contributed by atoms with Gasteiger partial charge in [-0.2, -0.15) is 5.26 Å². The fourth-order valence-electron chi connectivity index (χ4n) is 3.00. The van der Waals surface area contributed by atoms with E-state index in [2.05, 4.69) is 13.0 Å². The maximum atomic E-state index is 12.9. The molecule has 0 heterocycles. The smallest absolute Gasteiger partial charge is 0.255 e. The number of nitriles is 1. The lowest BCUT2D eigenvalue weighted by molar-refractivity contribution is 0.0634. The Bertz CT molecular complexity index is 544. The third-order valence-corrected chi connectivity index (χ3v) is 4.40. The number of hydrogen-bond donors (Lipinski definition) is 0. The lowest BCUT2D eigenvalue weighted by Crippen LogP contribution is -2.42. The van der Waals surface area contributed by atoms with Crippen molar-refractivity contribution in [3.63, 3.8) is 0 Å². The van der Waals surface area contributed by atoms with Gasteiger partial charge in [0.25, 0.3) is 5.91 Å². The number of amides is 1. The highest BCUT2D eigenvalue weighted by Crippen LogP contribution is 2.26. The van der Waals surface area contributed by atoms with Crippen LogP contribution in [0.2, 0.25) is 5.02 Å². The molecule has 2 rings (SSSR count). The summed E-state index contributed by atoms with van der Waals surface area (Å²) < 4.78 is 0. The highest BCUT2D eigenvalue weighted by Gasteiger charge is 2.26. The lowest BCUT2D eigenvalue weighted by Gasteiger charge is -2.34. The van der Waals surface area contributed by atoms with Crippen LogP contribution in [0, 0.1) is 11.3 Å². The van der Waals surface area contributed by atoms with Crippen molar-refractivity contribution < 1.29 is 4.79 Å². The van der Waals surface area contributed by atoms with Gasteiger partial charge in [-0.05, 0) is 37.5 Å². The average molecular weight is 305 g/mol. The minimum Gasteiger partial charge on any atom is -0.336 e. The van der Waals surface area contributed by atoms with Crippen LogP contribution in [0.15, 0.2) is 18.2 Å². The summed E-state index contributed by atoms with van der Waals surface area (Å²) in [6, 6.07) is 7.27. The normalized spacial score (nSPS) is 15.5. The van der Waals surface area contributed by atoms with Gasteiger partial charge in [0.1, 0.15) is 0 Å². The van der Waals surface area contributed by atoms with Crippen LogP contribution in [0.3, 0.4) is 0 Å². The second-order valence-corrected chi connectivity index (χ2v) is 6.00. The quantitative estimate of drug-likeness (QED) is 0.827. The van der Waals surface area contributed by atoms with E-state index in [-0.39, 0.29) is 5.91 Å². The van der Waals surface area contributed by atoms with Crippen LogP contribution in [0.4, 0.5) is 0 Å². The van der Waals surface area contributed by atoms with E-state index >= 15 is 0 Å². The summed E-state index contributed by atoms with van der Waals surface area (Å²) >= 11 is 6.17. The largest absolute Gasteiger partial charge is 0.336 e. The Hall–Kier alpha value is -1.53. The molecule has 0 aromatic heterocycles. The van der Waals surface area contributed by atoms with Crippen molar-refractivity contribution in [3.05, 3.63) is 34.3 Å². The van der Waals surface area contributed by atoms with Crippen molar-refractivity contribution in [1.29, 1.82) is 5.26 Å². The van der Waals surface area contributed by atoms with E-state index in [0.717, 1.165) is 25.8 Å². The number of carbonyl (C=O) groups excluding carboxylic acids is 1. The van der Waals surface area contributed by atoms with E-state index in [9.17, 15) is 4.79 Å². The molecular weight excluding hydrogens is 284 g/mol. The van der Waals surface area contributed by atoms with Gasteiger partial charge in [0, 0.05) is 12.6 Å². The molecular formula is C17H21ClN2O. The van der Waals surface area contributed by atoms with Crippen molar-refractivity contribution in [1.82, 2.24) is 4.90 Å². The molecule has 1 aliphatic rings. The van der Waals surface area contributed by atoms with Gasteiger partial charge in [0.2, 0.25) is 0 Å². The third kappa shape index (κ3) is 3.77. The molecule has 21 heavy (non-hydrogen) atoms. The summed E-state index contributed by atoms with van der Waals surface area (Å²) in [6.07, 6.45) is 6.70. The minimum atomic E-state index is -0.0362. The first kappa shape index (κ1) is 15.9. The molecule has 1 amide bonds. The molecule has 1 aliphatic carbocycles. The predicted molar refractivity (Wildman–Crippen MR) is 84.4 cm³/mol. The topological polar surface area (TPSA) is 44.1 Å². The molecule has 0 spiro atoms. The van der Waals surface area contributed by atoms with E-state index < -0.39 is 0 Å². The Kier molecular flexibility index (Phi) is 5.64. The van der Waals surface area contributed by atoms with E-state index in [4.69, 9.17) is 16.9 Å². The Morgan fingerprint density at radius 2 is 2.10 bits per heavy atom. The zero-order valence-electron chi connectivity index (χ0n) is 12.4. The van der Waals surface area contributed by atoms with Gasteiger partial charge in [0.05, 0.1) is 22.2 Å². The van der Waals surface area contributed by atoms with Crippen molar-refractivity contribution in [2.75, 3.05) is 6.54 Å². The first-order valence-electron chi connectivity index (χ1n) is 7.68. The van der Waals surface area contributed by atoms with Crippen LogP contribution in [-0.2, 0) is 0 Å². The Labute approximate surface area is 131 Å². The third-order valence-electron chi connectivity index (χ3n) is 4.07. The summed E-state index contributed by atoms with van der Waals surface area (Å²) in [5.74, 6) is -0.0362. The minimum absolute atomic E-state index is 0.0362. The number of halogens is 1. The molecule has 1 fully saturated rings. The zero-order valence-corrected chi connectivity index (χ0v) is 13.2. The molecule has 0 unspecified atom stereocenters. The zero-order chi connectivity index (χ0) is 15.2. The highest BCUT2D eigenvalue weighted by atomic mass is 35.5. The second kappa shape index (κ2) is 7.47. The van der Waals surface area contributed by atoms with E-state index in [1.54, 1.807) is 18.2 Å². The second-order valence-electron chi connectivity index (χ2n) is 5.60. The van der Waals surface area contributed by atoms with E-state index in [1.165, 1.54) is 19.3 Å². The van der Waals surface area contributed by atoms with Crippen LogP contribution in [0.1, 0.15) is 61.4 Å². The molecule has 4 heteroatoms. The first-order valence-corrected chi connectivity index (χ1v) is 8.05. The van der Waals surface area contributed by atoms with Crippen molar-refractivity contribution in [2.24, 2.45) is 0 Å². The fourth-order valence-corrected chi connectivity index (χ4v) is 3.20. The summed E-state index contributed by atoms with van der Waals surface area (Å²) in [4.78, 5) is 14.8. The first-order chi connectivity index (χ1) is 10.2. The maximum absolute atomic E-state index is 12.9. The van der Waals surface area contributed by atoms with Gasteiger partial charge < -0.3 is 4.90 Å². The monoisotopic (exact) mass is 304 g/mol. The van der Waals surface area contributed by atoms with Gasteiger partial charge in [-0.25, -0.2) is 0 Å². The Morgan fingerprint density at radius 3 is 2.71 bits per heavy atom. The summed E-state index contributed by atoms with van der Waals surface area (Å²) in [5.41, 5.74) is 0.928. The van der Waals surface area contributed by atoms with Crippen LogP contribution in [0.5, 0.6) is 0 Å². The predicted octanol–water partition coefficient (Wildman–Crippen LogP) is 4.40. The maximum Gasteiger partial charge on any atom is 0.255 e. The van der Waals surface area contributed by atoms with Crippen LogP contribution >= 0.6 is 11.6 Å². The summed E-state index contributed by atoms with van der Waals surface area (Å²) in [7, 11) is 0. The fraction of sp³-hybridized carbons (Fsp3) is 0.529. The molecule has 0 bridgehead atoms. The molecule has 1 aromatic rings. The van der Waals surface area contributed by atoms with Crippen molar-refractivity contribution in [2.45, 2.75) is 51.5 Å². The van der Waals surface area contributed by atoms with Gasteiger partial charge >= 0.3 is 0 Å². The number of benzene rings is 1. The highest BCUT2D eigenvalue weighted by molar-refractivity contribution is 6.33. The Balaban J connectivity index is 2.27. The van der Waals surface area contributed by atoms with Crippen LogP contribution < -0.4 is 0 Å². The molecule has 0 radical (unpaired) electrons.